The van der Waals surface area contributed by atoms with Crippen molar-refractivity contribution >= 4 is 0 Å². The van der Waals surface area contributed by atoms with Crippen molar-refractivity contribution in [3.63, 3.8) is 0 Å². The van der Waals surface area contributed by atoms with E-state index in [0.717, 1.165) is 18.9 Å². The molecule has 0 saturated carbocycles. The molecule has 2 atom stereocenters. The molecule has 2 aliphatic rings. The predicted molar refractivity (Wildman–Crippen MR) is 49.7 cm³/mol. The highest BCUT2D eigenvalue weighted by atomic mass is 14.9. The highest BCUT2D eigenvalue weighted by molar-refractivity contribution is 5.33. The molecule has 0 spiro atoms. The molecule has 3 nitrogen and oxygen atoms in total. The van der Waals surface area contributed by atoms with Crippen LogP contribution in [0.1, 0.15) is 35.3 Å². The number of rotatable bonds is 0. The fourth-order valence-electron chi connectivity index (χ4n) is 2.53. The van der Waals surface area contributed by atoms with Crippen LogP contribution in [0.25, 0.3) is 0 Å². The Balaban J connectivity index is 2.15. The molecule has 3 rings (SSSR count). The molecule has 0 radical (unpaired) electrons. The molecule has 0 aromatic carbocycles. The Morgan fingerprint density at radius 1 is 1.38 bits per heavy atom. The van der Waals surface area contributed by atoms with Gasteiger partial charge in [0.25, 0.3) is 0 Å². The third-order valence-electron chi connectivity index (χ3n) is 3.15. The van der Waals surface area contributed by atoms with Crippen LogP contribution in [-0.2, 0) is 0 Å². The summed E-state index contributed by atoms with van der Waals surface area (Å²) < 4.78 is 0. The summed E-state index contributed by atoms with van der Waals surface area (Å²) in [6.07, 6.45) is 3.30. The molecule has 1 unspecified atom stereocenters. The monoisotopic (exact) mass is 175 g/mol. The molecule has 68 valence electrons. The maximum atomic E-state index is 4.55. The van der Waals surface area contributed by atoms with Gasteiger partial charge in [-0.05, 0) is 18.9 Å². The summed E-state index contributed by atoms with van der Waals surface area (Å²) >= 11 is 0. The SMILES string of the molecule is Cc1ncc2c(n1)[C@@H]1CNCC2C1. The molecule has 1 aliphatic heterocycles. The van der Waals surface area contributed by atoms with Gasteiger partial charge in [0.2, 0.25) is 0 Å². The third-order valence-corrected chi connectivity index (χ3v) is 3.15. The van der Waals surface area contributed by atoms with E-state index in [0.29, 0.717) is 11.8 Å². The van der Waals surface area contributed by atoms with Gasteiger partial charge in [-0.2, -0.15) is 0 Å². The molecule has 1 fully saturated rings. The zero-order chi connectivity index (χ0) is 8.84. The Hall–Kier alpha value is -0.960. The van der Waals surface area contributed by atoms with Gasteiger partial charge in [-0.1, -0.05) is 0 Å². The minimum Gasteiger partial charge on any atom is -0.315 e. The van der Waals surface area contributed by atoms with E-state index in [1.165, 1.54) is 17.7 Å². The largest absolute Gasteiger partial charge is 0.315 e. The topological polar surface area (TPSA) is 37.8 Å². The fraction of sp³-hybridized carbons (Fsp3) is 0.600. The second-order valence-electron chi connectivity index (χ2n) is 4.05. The van der Waals surface area contributed by atoms with Crippen LogP contribution in [0.2, 0.25) is 0 Å². The molecule has 1 aromatic rings. The van der Waals surface area contributed by atoms with Crippen molar-refractivity contribution < 1.29 is 0 Å². The van der Waals surface area contributed by atoms with Gasteiger partial charge < -0.3 is 5.32 Å². The number of piperidine rings is 1. The zero-order valence-electron chi connectivity index (χ0n) is 7.75. The Morgan fingerprint density at radius 2 is 2.23 bits per heavy atom. The lowest BCUT2D eigenvalue weighted by Crippen LogP contribution is -2.28. The van der Waals surface area contributed by atoms with Crippen LogP contribution in [-0.4, -0.2) is 23.1 Å². The van der Waals surface area contributed by atoms with Gasteiger partial charge in [0.1, 0.15) is 5.82 Å². The Labute approximate surface area is 77.6 Å². The van der Waals surface area contributed by atoms with E-state index >= 15 is 0 Å². The molecule has 1 aromatic heterocycles. The molecule has 0 amide bonds. The molecular formula is C10H13N3. The van der Waals surface area contributed by atoms with Crippen LogP contribution in [0.5, 0.6) is 0 Å². The molecule has 1 aliphatic carbocycles. The molecule has 3 heteroatoms. The first-order valence-corrected chi connectivity index (χ1v) is 4.89. The van der Waals surface area contributed by atoms with E-state index in [-0.39, 0.29) is 0 Å². The standard InChI is InChI=1S/C10H13N3/c1-6-12-5-9-7-2-8(4-11-3-7)10(9)13-6/h5,7-8,11H,2-4H2,1H3/t7?,8-/m0/s1. The van der Waals surface area contributed by atoms with Crippen LogP contribution < -0.4 is 5.32 Å². The summed E-state index contributed by atoms with van der Waals surface area (Å²) in [6, 6.07) is 0. The quantitative estimate of drug-likeness (QED) is 0.638. The van der Waals surface area contributed by atoms with Gasteiger partial charge in [-0.3, -0.25) is 0 Å². The van der Waals surface area contributed by atoms with E-state index in [2.05, 4.69) is 15.3 Å². The maximum absolute atomic E-state index is 4.55. The summed E-state index contributed by atoms with van der Waals surface area (Å²) in [4.78, 5) is 8.82. The van der Waals surface area contributed by atoms with Gasteiger partial charge in [0.05, 0.1) is 5.69 Å². The minimum absolute atomic E-state index is 0.649. The Bertz CT molecular complexity index is 348. The molecule has 1 N–H and O–H groups in total. The van der Waals surface area contributed by atoms with Crippen molar-refractivity contribution in [1.29, 1.82) is 0 Å². The van der Waals surface area contributed by atoms with Crippen molar-refractivity contribution in [3.05, 3.63) is 23.3 Å². The first-order chi connectivity index (χ1) is 6.34. The van der Waals surface area contributed by atoms with E-state index < -0.39 is 0 Å². The summed E-state index contributed by atoms with van der Waals surface area (Å²) in [6.45, 7) is 4.17. The molecule has 13 heavy (non-hydrogen) atoms. The lowest BCUT2D eigenvalue weighted by molar-refractivity contribution is 0.451. The zero-order valence-corrected chi connectivity index (χ0v) is 7.75. The second kappa shape index (κ2) is 2.51. The van der Waals surface area contributed by atoms with E-state index in [4.69, 9.17) is 0 Å². The van der Waals surface area contributed by atoms with E-state index in [1.54, 1.807) is 0 Å². The molecular weight excluding hydrogens is 162 g/mol. The maximum Gasteiger partial charge on any atom is 0.125 e. The Kier molecular flexibility index (Phi) is 1.44. The summed E-state index contributed by atoms with van der Waals surface area (Å²) in [5.74, 6) is 2.23. The number of aromatic nitrogens is 2. The minimum atomic E-state index is 0.649. The van der Waals surface area contributed by atoms with E-state index in [9.17, 15) is 0 Å². The number of nitrogens with one attached hydrogen (secondary N) is 1. The first kappa shape index (κ1) is 7.44. The highest BCUT2D eigenvalue weighted by Crippen LogP contribution is 2.41. The fourth-order valence-corrected chi connectivity index (χ4v) is 2.53. The van der Waals surface area contributed by atoms with Gasteiger partial charge >= 0.3 is 0 Å². The highest BCUT2D eigenvalue weighted by Gasteiger charge is 2.35. The first-order valence-electron chi connectivity index (χ1n) is 4.89. The molecule has 2 heterocycles. The summed E-state index contributed by atoms with van der Waals surface area (Å²) in [7, 11) is 0. The number of aryl methyl sites for hydroxylation is 1. The predicted octanol–water partition coefficient (Wildman–Crippen LogP) is 0.959. The van der Waals surface area contributed by atoms with Crippen molar-refractivity contribution in [2.45, 2.75) is 25.2 Å². The number of hydrogen-bond donors (Lipinski definition) is 1. The van der Waals surface area contributed by atoms with Crippen LogP contribution in [0.15, 0.2) is 6.20 Å². The van der Waals surface area contributed by atoms with Crippen LogP contribution in [0.4, 0.5) is 0 Å². The van der Waals surface area contributed by atoms with Gasteiger partial charge in [-0.25, -0.2) is 9.97 Å². The summed E-state index contributed by atoms with van der Waals surface area (Å²) in [5, 5.41) is 3.45. The van der Waals surface area contributed by atoms with Crippen LogP contribution in [0, 0.1) is 6.92 Å². The summed E-state index contributed by atoms with van der Waals surface area (Å²) in [5.41, 5.74) is 2.70. The van der Waals surface area contributed by atoms with Gasteiger partial charge in [0.15, 0.2) is 0 Å². The van der Waals surface area contributed by atoms with Crippen molar-refractivity contribution in [3.8, 4) is 0 Å². The Morgan fingerprint density at radius 3 is 3.15 bits per heavy atom. The van der Waals surface area contributed by atoms with Crippen LogP contribution >= 0.6 is 0 Å². The number of nitrogens with zero attached hydrogens (tertiary/aromatic N) is 2. The second-order valence-corrected chi connectivity index (χ2v) is 4.05. The van der Waals surface area contributed by atoms with Crippen molar-refractivity contribution in [2.24, 2.45) is 0 Å². The number of fused-ring (bicyclic) bond motifs is 5. The molecule has 1 saturated heterocycles. The average molecular weight is 175 g/mol. The lowest BCUT2D eigenvalue weighted by atomic mass is 9.98. The lowest BCUT2D eigenvalue weighted by Gasteiger charge is -2.19. The van der Waals surface area contributed by atoms with E-state index in [1.807, 2.05) is 13.1 Å². The number of hydrogen-bond acceptors (Lipinski definition) is 3. The van der Waals surface area contributed by atoms with Gasteiger partial charge in [-0.15, -0.1) is 0 Å². The normalized spacial score (nSPS) is 30.2. The van der Waals surface area contributed by atoms with Gasteiger partial charge in [0, 0.05) is 31.1 Å². The smallest absolute Gasteiger partial charge is 0.125 e. The average Bonchev–Trinajstić information content (AvgIpc) is 2.39. The van der Waals surface area contributed by atoms with Crippen molar-refractivity contribution in [1.82, 2.24) is 15.3 Å². The third kappa shape index (κ3) is 1.000. The molecule has 2 bridgehead atoms. The van der Waals surface area contributed by atoms with Crippen molar-refractivity contribution in [2.75, 3.05) is 13.1 Å². The van der Waals surface area contributed by atoms with Crippen LogP contribution in [0.3, 0.4) is 0 Å².